The van der Waals surface area contributed by atoms with E-state index in [2.05, 4.69) is 0 Å². The highest BCUT2D eigenvalue weighted by atomic mass is 19.1. The Bertz CT molecular complexity index is 329. The molecule has 0 aromatic heterocycles. The van der Waals surface area contributed by atoms with Gasteiger partial charge in [-0.05, 0) is 29.5 Å². The molecule has 0 spiro atoms. The second kappa shape index (κ2) is 4.93. The summed E-state index contributed by atoms with van der Waals surface area (Å²) in [6.07, 6.45) is -0.149. The van der Waals surface area contributed by atoms with E-state index in [1.54, 1.807) is 12.1 Å². The molecular formula is C13H20FNO. The first-order valence-corrected chi connectivity index (χ1v) is 5.50. The average molecular weight is 225 g/mol. The van der Waals surface area contributed by atoms with Crippen LogP contribution in [0.25, 0.3) is 0 Å². The number of nitrogens with two attached hydrogens (primary N) is 1. The average Bonchev–Trinajstić information content (AvgIpc) is 2.17. The van der Waals surface area contributed by atoms with Gasteiger partial charge in [0.1, 0.15) is 5.82 Å². The van der Waals surface area contributed by atoms with Crippen LogP contribution in [0, 0.1) is 11.2 Å². The van der Waals surface area contributed by atoms with Crippen molar-refractivity contribution in [1.29, 1.82) is 0 Å². The van der Waals surface area contributed by atoms with Crippen LogP contribution < -0.4 is 5.73 Å². The Labute approximate surface area is 96.3 Å². The zero-order chi connectivity index (χ0) is 12.3. The van der Waals surface area contributed by atoms with Crippen LogP contribution in [0.15, 0.2) is 24.3 Å². The van der Waals surface area contributed by atoms with Crippen molar-refractivity contribution < 1.29 is 9.50 Å². The van der Waals surface area contributed by atoms with Gasteiger partial charge in [0.15, 0.2) is 0 Å². The highest BCUT2D eigenvalue weighted by molar-refractivity contribution is 5.18. The summed E-state index contributed by atoms with van der Waals surface area (Å²) in [4.78, 5) is 0. The highest BCUT2D eigenvalue weighted by Crippen LogP contribution is 2.26. The first-order chi connectivity index (χ1) is 7.30. The molecule has 2 nitrogen and oxygen atoms in total. The summed E-state index contributed by atoms with van der Waals surface area (Å²) >= 11 is 0. The molecule has 2 atom stereocenters. The highest BCUT2D eigenvalue weighted by Gasteiger charge is 2.23. The summed E-state index contributed by atoms with van der Waals surface area (Å²) in [6.45, 7) is 6.11. The van der Waals surface area contributed by atoms with Crippen LogP contribution in [0.3, 0.4) is 0 Å². The molecular weight excluding hydrogens is 205 g/mol. The van der Waals surface area contributed by atoms with Gasteiger partial charge in [-0.15, -0.1) is 0 Å². The minimum Gasteiger partial charge on any atom is -0.388 e. The molecule has 0 aliphatic rings. The fraction of sp³-hybridized carbons (Fsp3) is 0.538. The van der Waals surface area contributed by atoms with Crippen LogP contribution in [0.4, 0.5) is 4.39 Å². The van der Waals surface area contributed by atoms with E-state index in [1.165, 1.54) is 12.1 Å². The van der Waals surface area contributed by atoms with Crippen molar-refractivity contribution in [3.63, 3.8) is 0 Å². The fourth-order valence-electron chi connectivity index (χ4n) is 1.42. The Morgan fingerprint density at radius 1 is 1.25 bits per heavy atom. The lowest BCUT2D eigenvalue weighted by Gasteiger charge is -2.28. The lowest BCUT2D eigenvalue weighted by molar-refractivity contribution is 0.133. The van der Waals surface area contributed by atoms with E-state index in [4.69, 9.17) is 5.73 Å². The predicted molar refractivity (Wildman–Crippen MR) is 63.4 cm³/mol. The topological polar surface area (TPSA) is 46.2 Å². The summed E-state index contributed by atoms with van der Waals surface area (Å²) in [6, 6.07) is 5.79. The maximum Gasteiger partial charge on any atom is 0.123 e. The molecule has 3 N–H and O–H groups in total. The molecule has 0 fully saturated rings. The first-order valence-electron chi connectivity index (χ1n) is 5.50. The summed E-state index contributed by atoms with van der Waals surface area (Å²) in [5.41, 5.74) is 6.65. The van der Waals surface area contributed by atoms with Gasteiger partial charge in [0.05, 0.1) is 6.10 Å². The van der Waals surface area contributed by atoms with Gasteiger partial charge in [-0.3, -0.25) is 0 Å². The number of hydrogen-bond acceptors (Lipinski definition) is 2. The Hall–Kier alpha value is -0.930. The van der Waals surface area contributed by atoms with Crippen LogP contribution in [0.5, 0.6) is 0 Å². The molecule has 0 bridgehead atoms. The van der Waals surface area contributed by atoms with Crippen molar-refractivity contribution in [3.05, 3.63) is 35.6 Å². The van der Waals surface area contributed by atoms with Gasteiger partial charge in [0.2, 0.25) is 0 Å². The molecule has 0 aliphatic carbocycles. The van der Waals surface area contributed by atoms with E-state index in [0.717, 1.165) is 0 Å². The molecule has 90 valence electrons. The number of aliphatic hydroxyl groups is 1. The third-order valence-electron chi connectivity index (χ3n) is 2.84. The van der Waals surface area contributed by atoms with Gasteiger partial charge < -0.3 is 10.8 Å². The summed E-state index contributed by atoms with van der Waals surface area (Å²) < 4.78 is 12.7. The predicted octanol–water partition coefficient (Wildman–Crippen LogP) is 2.62. The molecule has 0 amide bonds. The monoisotopic (exact) mass is 225 g/mol. The van der Waals surface area contributed by atoms with Crippen LogP contribution >= 0.6 is 0 Å². The minimum absolute atomic E-state index is 0.0407. The summed E-state index contributed by atoms with van der Waals surface area (Å²) in [7, 11) is 0. The minimum atomic E-state index is -0.630. The molecule has 0 aliphatic heterocycles. The normalized spacial score (nSPS) is 15.9. The maximum atomic E-state index is 12.7. The van der Waals surface area contributed by atoms with Gasteiger partial charge >= 0.3 is 0 Å². The molecule has 3 heteroatoms. The van der Waals surface area contributed by atoms with Gasteiger partial charge in [-0.2, -0.15) is 0 Å². The van der Waals surface area contributed by atoms with Crippen molar-refractivity contribution in [2.24, 2.45) is 11.1 Å². The number of benzene rings is 1. The largest absolute Gasteiger partial charge is 0.388 e. The van der Waals surface area contributed by atoms with E-state index in [0.29, 0.717) is 12.0 Å². The van der Waals surface area contributed by atoms with Crippen molar-refractivity contribution in [3.8, 4) is 0 Å². The quantitative estimate of drug-likeness (QED) is 0.830. The molecule has 1 rings (SSSR count). The van der Waals surface area contributed by atoms with Crippen LogP contribution in [0.1, 0.15) is 38.9 Å². The molecule has 0 unspecified atom stereocenters. The molecule has 0 saturated carbocycles. The van der Waals surface area contributed by atoms with E-state index < -0.39 is 6.10 Å². The first kappa shape index (κ1) is 13.1. The Kier molecular flexibility index (Phi) is 4.05. The van der Waals surface area contributed by atoms with Crippen molar-refractivity contribution >= 4 is 0 Å². The van der Waals surface area contributed by atoms with Crippen molar-refractivity contribution in [2.45, 2.75) is 39.3 Å². The van der Waals surface area contributed by atoms with Crippen LogP contribution in [0.2, 0.25) is 0 Å². The molecule has 0 radical (unpaired) electrons. The third-order valence-corrected chi connectivity index (χ3v) is 2.84. The lowest BCUT2D eigenvalue weighted by atomic mass is 9.83. The van der Waals surface area contributed by atoms with Gasteiger partial charge in [-0.25, -0.2) is 4.39 Å². The number of hydrogen-bond donors (Lipinski definition) is 2. The third kappa shape index (κ3) is 3.58. The second-order valence-corrected chi connectivity index (χ2v) is 5.28. The van der Waals surface area contributed by atoms with E-state index in [9.17, 15) is 9.50 Å². The van der Waals surface area contributed by atoms with Crippen LogP contribution in [-0.2, 0) is 0 Å². The summed E-state index contributed by atoms with van der Waals surface area (Å²) in [5, 5.41) is 9.94. The smallest absolute Gasteiger partial charge is 0.123 e. The van der Waals surface area contributed by atoms with Gasteiger partial charge in [0, 0.05) is 6.04 Å². The van der Waals surface area contributed by atoms with E-state index in [1.807, 2.05) is 20.8 Å². The molecule has 0 heterocycles. The van der Waals surface area contributed by atoms with Crippen LogP contribution in [-0.4, -0.2) is 11.1 Å². The molecule has 16 heavy (non-hydrogen) atoms. The Balaban J connectivity index is 2.65. The number of halogens is 1. The standard InChI is InChI=1S/C13H20FNO/c1-13(2,3)12(15)8-11(16)9-4-6-10(14)7-5-9/h4-7,11-12,16H,8,15H2,1-3H3/t11-,12+/m0/s1. The van der Waals surface area contributed by atoms with Gasteiger partial charge in [-0.1, -0.05) is 32.9 Å². The number of rotatable bonds is 3. The maximum absolute atomic E-state index is 12.7. The zero-order valence-corrected chi connectivity index (χ0v) is 10.1. The molecule has 1 aromatic rings. The summed E-state index contributed by atoms with van der Waals surface area (Å²) in [5.74, 6) is -0.295. The SMILES string of the molecule is CC(C)(C)[C@H](N)C[C@H](O)c1ccc(F)cc1. The zero-order valence-electron chi connectivity index (χ0n) is 10.1. The Morgan fingerprint density at radius 3 is 2.19 bits per heavy atom. The Morgan fingerprint density at radius 2 is 1.75 bits per heavy atom. The lowest BCUT2D eigenvalue weighted by Crippen LogP contribution is -2.36. The van der Waals surface area contributed by atoms with E-state index in [-0.39, 0.29) is 17.3 Å². The second-order valence-electron chi connectivity index (χ2n) is 5.28. The molecule has 1 aromatic carbocycles. The number of aliphatic hydroxyl groups excluding tert-OH is 1. The van der Waals surface area contributed by atoms with E-state index >= 15 is 0 Å². The molecule has 0 saturated heterocycles. The van der Waals surface area contributed by atoms with Crippen molar-refractivity contribution in [2.75, 3.05) is 0 Å². The van der Waals surface area contributed by atoms with Crippen molar-refractivity contribution in [1.82, 2.24) is 0 Å². The van der Waals surface area contributed by atoms with Gasteiger partial charge in [0.25, 0.3) is 0 Å². The fourth-order valence-corrected chi connectivity index (χ4v) is 1.42.